The summed E-state index contributed by atoms with van der Waals surface area (Å²) in [6.07, 6.45) is 2.65. The fourth-order valence-electron chi connectivity index (χ4n) is 1.62. The Morgan fingerprint density at radius 1 is 1.53 bits per heavy atom. The van der Waals surface area contributed by atoms with Crippen molar-refractivity contribution < 1.29 is 13.9 Å². The second-order valence-electron chi connectivity index (χ2n) is 4.55. The molecule has 5 heteroatoms. The standard InChI is InChI=1S/C14H23NO3S/c1-4-8-15-14(3,13(16)17-5-2)11-19-10-12-7-6-9-18-12/h6-7,9,15H,4-5,8,10-11H2,1-3H3. The van der Waals surface area contributed by atoms with Gasteiger partial charge in [0.25, 0.3) is 0 Å². The van der Waals surface area contributed by atoms with E-state index in [4.69, 9.17) is 9.15 Å². The molecule has 1 atom stereocenters. The Morgan fingerprint density at radius 2 is 2.32 bits per heavy atom. The smallest absolute Gasteiger partial charge is 0.326 e. The molecule has 0 saturated heterocycles. The zero-order chi connectivity index (χ0) is 14.1. The van der Waals surface area contributed by atoms with Gasteiger partial charge in [0, 0.05) is 5.75 Å². The molecule has 1 heterocycles. The van der Waals surface area contributed by atoms with E-state index < -0.39 is 5.54 Å². The Kier molecular flexibility index (Phi) is 7.02. The van der Waals surface area contributed by atoms with Crippen LogP contribution in [0, 0.1) is 0 Å². The molecule has 1 aromatic rings. The lowest BCUT2D eigenvalue weighted by Gasteiger charge is -2.28. The molecule has 0 aliphatic rings. The Bertz CT molecular complexity index is 367. The molecule has 0 aliphatic heterocycles. The molecule has 0 amide bonds. The van der Waals surface area contributed by atoms with Gasteiger partial charge in [-0.1, -0.05) is 6.92 Å². The number of carbonyl (C=O) groups excluding carboxylic acids is 1. The van der Waals surface area contributed by atoms with Crippen LogP contribution >= 0.6 is 11.8 Å². The highest BCUT2D eigenvalue weighted by Crippen LogP contribution is 2.20. The predicted molar refractivity (Wildman–Crippen MR) is 78.2 cm³/mol. The van der Waals surface area contributed by atoms with Gasteiger partial charge in [-0.05, 0) is 38.9 Å². The first kappa shape index (κ1) is 16.1. The van der Waals surface area contributed by atoms with E-state index >= 15 is 0 Å². The zero-order valence-electron chi connectivity index (χ0n) is 11.9. The highest BCUT2D eigenvalue weighted by molar-refractivity contribution is 7.98. The van der Waals surface area contributed by atoms with Crippen molar-refractivity contribution >= 4 is 17.7 Å². The highest BCUT2D eigenvalue weighted by Gasteiger charge is 2.33. The van der Waals surface area contributed by atoms with Crippen LogP contribution in [0.3, 0.4) is 0 Å². The molecule has 108 valence electrons. The lowest BCUT2D eigenvalue weighted by molar-refractivity contribution is -0.149. The number of hydrogen-bond acceptors (Lipinski definition) is 5. The summed E-state index contributed by atoms with van der Waals surface area (Å²) in [6.45, 7) is 7.01. The van der Waals surface area contributed by atoms with Crippen molar-refractivity contribution in [2.45, 2.75) is 38.5 Å². The van der Waals surface area contributed by atoms with E-state index in [1.807, 2.05) is 26.0 Å². The first-order chi connectivity index (χ1) is 9.12. The lowest BCUT2D eigenvalue weighted by atomic mass is 10.1. The van der Waals surface area contributed by atoms with E-state index in [0.717, 1.165) is 24.5 Å². The predicted octanol–water partition coefficient (Wildman–Crippen LogP) is 2.83. The van der Waals surface area contributed by atoms with Crippen molar-refractivity contribution in [2.24, 2.45) is 0 Å². The Balaban J connectivity index is 2.50. The van der Waals surface area contributed by atoms with E-state index in [2.05, 4.69) is 12.2 Å². The molecule has 0 aromatic carbocycles. The third kappa shape index (κ3) is 5.28. The third-order valence-electron chi connectivity index (χ3n) is 2.71. The van der Waals surface area contributed by atoms with Gasteiger partial charge in [-0.25, -0.2) is 0 Å². The Labute approximate surface area is 119 Å². The molecule has 1 rings (SSSR count). The molecule has 1 aromatic heterocycles. The number of nitrogens with one attached hydrogen (secondary N) is 1. The fraction of sp³-hybridized carbons (Fsp3) is 0.643. The molecule has 0 spiro atoms. The quantitative estimate of drug-likeness (QED) is 0.707. The SMILES string of the molecule is CCCNC(C)(CSCc1ccco1)C(=O)OCC. The van der Waals surface area contributed by atoms with Crippen molar-refractivity contribution in [3.63, 3.8) is 0 Å². The van der Waals surface area contributed by atoms with E-state index in [9.17, 15) is 4.79 Å². The molecule has 19 heavy (non-hydrogen) atoms. The molecular formula is C14H23NO3S. The fourth-order valence-corrected chi connectivity index (χ4v) is 2.72. The summed E-state index contributed by atoms with van der Waals surface area (Å²) in [5, 5.41) is 3.28. The van der Waals surface area contributed by atoms with Gasteiger partial charge in [-0.2, -0.15) is 11.8 Å². The number of ether oxygens (including phenoxy) is 1. The summed E-state index contributed by atoms with van der Waals surface area (Å²) < 4.78 is 10.4. The highest BCUT2D eigenvalue weighted by atomic mass is 32.2. The number of thioether (sulfide) groups is 1. The molecule has 0 bridgehead atoms. The van der Waals surface area contributed by atoms with Gasteiger partial charge in [0.2, 0.25) is 0 Å². The van der Waals surface area contributed by atoms with Crippen LogP contribution in [-0.4, -0.2) is 30.4 Å². The summed E-state index contributed by atoms with van der Waals surface area (Å²) in [5.74, 6) is 2.16. The van der Waals surface area contributed by atoms with Crippen molar-refractivity contribution in [2.75, 3.05) is 18.9 Å². The van der Waals surface area contributed by atoms with Gasteiger partial charge in [0.15, 0.2) is 0 Å². The number of hydrogen-bond donors (Lipinski definition) is 1. The van der Waals surface area contributed by atoms with Gasteiger partial charge in [-0.3, -0.25) is 4.79 Å². The lowest BCUT2D eigenvalue weighted by Crippen LogP contribution is -2.52. The number of carbonyl (C=O) groups is 1. The average molecular weight is 285 g/mol. The van der Waals surface area contributed by atoms with Crippen LogP contribution in [0.4, 0.5) is 0 Å². The van der Waals surface area contributed by atoms with Crippen LogP contribution in [0.5, 0.6) is 0 Å². The molecule has 4 nitrogen and oxygen atoms in total. The zero-order valence-corrected chi connectivity index (χ0v) is 12.7. The van der Waals surface area contributed by atoms with E-state index in [-0.39, 0.29) is 5.97 Å². The van der Waals surface area contributed by atoms with Crippen LogP contribution in [0.25, 0.3) is 0 Å². The third-order valence-corrected chi connectivity index (χ3v) is 3.98. The van der Waals surface area contributed by atoms with Gasteiger partial charge in [-0.15, -0.1) is 0 Å². The van der Waals surface area contributed by atoms with Crippen LogP contribution in [0.1, 0.15) is 33.0 Å². The van der Waals surface area contributed by atoms with E-state index in [0.29, 0.717) is 12.4 Å². The topological polar surface area (TPSA) is 51.5 Å². The van der Waals surface area contributed by atoms with Gasteiger partial charge >= 0.3 is 5.97 Å². The monoisotopic (exact) mass is 285 g/mol. The van der Waals surface area contributed by atoms with Crippen LogP contribution < -0.4 is 5.32 Å². The summed E-state index contributed by atoms with van der Waals surface area (Å²) in [6, 6.07) is 3.81. The normalized spacial score (nSPS) is 14.1. The molecular weight excluding hydrogens is 262 g/mol. The minimum atomic E-state index is -0.636. The minimum absolute atomic E-state index is 0.185. The van der Waals surface area contributed by atoms with Crippen LogP contribution in [-0.2, 0) is 15.3 Å². The largest absolute Gasteiger partial charge is 0.468 e. The number of esters is 1. The number of rotatable bonds is 9. The first-order valence-corrected chi connectivity index (χ1v) is 7.80. The second kappa shape index (κ2) is 8.27. The summed E-state index contributed by atoms with van der Waals surface area (Å²) in [7, 11) is 0. The summed E-state index contributed by atoms with van der Waals surface area (Å²) in [4.78, 5) is 12.0. The van der Waals surface area contributed by atoms with Crippen LogP contribution in [0.15, 0.2) is 22.8 Å². The maximum absolute atomic E-state index is 12.0. The van der Waals surface area contributed by atoms with Crippen LogP contribution in [0.2, 0.25) is 0 Å². The Morgan fingerprint density at radius 3 is 2.89 bits per heavy atom. The molecule has 0 fully saturated rings. The van der Waals surface area contributed by atoms with Gasteiger partial charge in [0.05, 0.1) is 18.6 Å². The molecule has 0 radical (unpaired) electrons. The molecule has 0 aliphatic carbocycles. The van der Waals surface area contributed by atoms with Crippen molar-refractivity contribution in [1.82, 2.24) is 5.32 Å². The van der Waals surface area contributed by atoms with Gasteiger partial charge < -0.3 is 14.5 Å². The maximum Gasteiger partial charge on any atom is 0.326 e. The maximum atomic E-state index is 12.0. The minimum Gasteiger partial charge on any atom is -0.468 e. The van der Waals surface area contributed by atoms with Crippen molar-refractivity contribution in [1.29, 1.82) is 0 Å². The summed E-state index contributed by atoms with van der Waals surface area (Å²) in [5.41, 5.74) is -0.636. The number of furan rings is 1. The van der Waals surface area contributed by atoms with Crippen molar-refractivity contribution in [3.8, 4) is 0 Å². The Hall–Kier alpha value is -0.940. The summed E-state index contributed by atoms with van der Waals surface area (Å²) >= 11 is 1.67. The molecule has 0 saturated carbocycles. The average Bonchev–Trinajstić information content (AvgIpc) is 2.90. The molecule has 1 N–H and O–H groups in total. The molecule has 1 unspecified atom stereocenters. The van der Waals surface area contributed by atoms with Gasteiger partial charge in [0.1, 0.15) is 11.3 Å². The first-order valence-electron chi connectivity index (χ1n) is 6.64. The van der Waals surface area contributed by atoms with Crippen molar-refractivity contribution in [3.05, 3.63) is 24.2 Å². The van der Waals surface area contributed by atoms with E-state index in [1.54, 1.807) is 18.0 Å². The van der Waals surface area contributed by atoms with E-state index in [1.165, 1.54) is 0 Å². The second-order valence-corrected chi connectivity index (χ2v) is 5.54.